The van der Waals surface area contributed by atoms with E-state index in [2.05, 4.69) is 45.1 Å². The average molecular weight is 506 g/mol. The van der Waals surface area contributed by atoms with Gasteiger partial charge in [0.15, 0.2) is 0 Å². The molecule has 0 aliphatic carbocycles. The minimum absolute atomic E-state index is 0.0253. The predicted molar refractivity (Wildman–Crippen MR) is 126 cm³/mol. The summed E-state index contributed by atoms with van der Waals surface area (Å²) in [5.74, 6) is 0.197. The Balaban J connectivity index is 1.39. The molecule has 0 unspecified atom stereocenters. The second-order valence-corrected chi connectivity index (χ2v) is 11.6. The molecule has 2 aliphatic heterocycles. The third kappa shape index (κ3) is 4.72. The van der Waals surface area contributed by atoms with E-state index in [4.69, 9.17) is 0 Å². The molecule has 6 nitrogen and oxygen atoms in total. The number of likely N-dealkylation sites (tertiary alicyclic amines) is 1. The highest BCUT2D eigenvalue weighted by Gasteiger charge is 2.33. The molecule has 166 valence electrons. The molecule has 0 bridgehead atoms. The van der Waals surface area contributed by atoms with E-state index in [1.54, 1.807) is 18.2 Å². The normalized spacial score (nSPS) is 17.9. The summed E-state index contributed by atoms with van der Waals surface area (Å²) < 4.78 is 27.1. The number of anilines is 1. The van der Waals surface area contributed by atoms with Gasteiger partial charge in [-0.1, -0.05) is 28.1 Å². The second-order valence-electron chi connectivity index (χ2n) is 8.49. The third-order valence-corrected chi connectivity index (χ3v) is 8.59. The zero-order chi connectivity index (χ0) is 22.2. The van der Waals surface area contributed by atoms with Crippen molar-refractivity contribution in [1.29, 1.82) is 0 Å². The molecule has 2 aliphatic rings. The van der Waals surface area contributed by atoms with Gasteiger partial charge in [-0.3, -0.25) is 9.69 Å². The summed E-state index contributed by atoms with van der Waals surface area (Å²) in [5, 5.41) is 0. The molecule has 0 atom stereocenters. The Kier molecular flexibility index (Phi) is 6.53. The van der Waals surface area contributed by atoms with Gasteiger partial charge in [-0.05, 0) is 73.8 Å². The number of sulfonamides is 1. The molecule has 1 saturated heterocycles. The molecule has 2 heterocycles. The molecule has 0 aromatic heterocycles. The molecule has 2 aromatic carbocycles. The van der Waals surface area contributed by atoms with E-state index in [1.807, 2.05) is 4.90 Å². The fraction of sp³-hybridized carbons (Fsp3) is 0.435. The Hall–Kier alpha value is -1.74. The molecule has 0 N–H and O–H groups in total. The molecular formula is C23H28BrN3O3S. The van der Waals surface area contributed by atoms with Crippen molar-refractivity contribution in [2.24, 2.45) is 5.92 Å². The number of carbonyl (C=O) groups excluding carboxylic acids is 1. The number of benzene rings is 2. The largest absolute Gasteiger partial charge is 0.312 e. The Morgan fingerprint density at radius 3 is 2.39 bits per heavy atom. The van der Waals surface area contributed by atoms with Gasteiger partial charge in [-0.2, -0.15) is 0 Å². The number of hydrogen-bond donors (Lipinski definition) is 0. The van der Waals surface area contributed by atoms with Crippen LogP contribution in [-0.2, 0) is 27.8 Å². The fourth-order valence-electron chi connectivity index (χ4n) is 4.38. The lowest BCUT2D eigenvalue weighted by atomic mass is 9.95. The molecule has 4 rings (SSSR count). The number of halogens is 1. The minimum Gasteiger partial charge on any atom is -0.312 e. The first-order valence-corrected chi connectivity index (χ1v) is 12.8. The maximum Gasteiger partial charge on any atom is 0.242 e. The van der Waals surface area contributed by atoms with Crippen LogP contribution in [0.3, 0.4) is 0 Å². The van der Waals surface area contributed by atoms with Crippen molar-refractivity contribution in [1.82, 2.24) is 9.21 Å². The first-order chi connectivity index (χ1) is 14.8. The van der Waals surface area contributed by atoms with Gasteiger partial charge in [0, 0.05) is 43.3 Å². The first-order valence-electron chi connectivity index (χ1n) is 10.6. The maximum absolute atomic E-state index is 13.2. The van der Waals surface area contributed by atoms with Crippen molar-refractivity contribution in [3.8, 4) is 0 Å². The summed E-state index contributed by atoms with van der Waals surface area (Å²) in [6.07, 6.45) is 2.41. The van der Waals surface area contributed by atoms with E-state index in [9.17, 15) is 13.2 Å². The lowest BCUT2D eigenvalue weighted by Crippen LogP contribution is -2.41. The van der Waals surface area contributed by atoms with Crippen molar-refractivity contribution in [2.45, 2.75) is 30.7 Å². The van der Waals surface area contributed by atoms with Gasteiger partial charge in [-0.15, -0.1) is 0 Å². The van der Waals surface area contributed by atoms with Crippen molar-refractivity contribution in [3.63, 3.8) is 0 Å². The highest BCUT2D eigenvalue weighted by molar-refractivity contribution is 9.10. The van der Waals surface area contributed by atoms with Crippen LogP contribution in [0.5, 0.6) is 0 Å². The molecule has 8 heteroatoms. The SMILES string of the molecule is CN(C)S(=O)(=O)c1ccc2c(c1)CCN2C(=O)C1CCN(Cc2ccc(Br)cc2)CC1. The molecule has 1 amide bonds. The highest BCUT2D eigenvalue weighted by Crippen LogP contribution is 2.33. The van der Waals surface area contributed by atoms with Crippen LogP contribution in [-0.4, -0.2) is 57.3 Å². The zero-order valence-corrected chi connectivity index (χ0v) is 20.3. The van der Waals surface area contributed by atoms with Gasteiger partial charge in [0.2, 0.25) is 15.9 Å². The molecule has 1 fully saturated rings. The number of fused-ring (bicyclic) bond motifs is 1. The van der Waals surface area contributed by atoms with Crippen LogP contribution >= 0.6 is 15.9 Å². The summed E-state index contributed by atoms with van der Waals surface area (Å²) in [7, 11) is -0.411. The number of carbonyl (C=O) groups is 1. The summed E-state index contributed by atoms with van der Waals surface area (Å²) >= 11 is 3.47. The van der Waals surface area contributed by atoms with Crippen LogP contribution in [0.15, 0.2) is 51.8 Å². The molecule has 2 aromatic rings. The van der Waals surface area contributed by atoms with Crippen LogP contribution < -0.4 is 4.90 Å². The maximum atomic E-state index is 13.2. The van der Waals surface area contributed by atoms with Gasteiger partial charge in [0.25, 0.3) is 0 Å². The molecule has 31 heavy (non-hydrogen) atoms. The number of rotatable bonds is 5. The van der Waals surface area contributed by atoms with Gasteiger partial charge in [0.1, 0.15) is 0 Å². The van der Waals surface area contributed by atoms with Gasteiger partial charge < -0.3 is 4.90 Å². The summed E-state index contributed by atoms with van der Waals surface area (Å²) in [5.41, 5.74) is 3.08. The number of piperidine rings is 1. The van der Waals surface area contributed by atoms with E-state index < -0.39 is 10.0 Å². The predicted octanol–water partition coefficient (Wildman–Crippen LogP) is 3.50. The van der Waals surface area contributed by atoms with Crippen LogP contribution in [0.25, 0.3) is 0 Å². The van der Waals surface area contributed by atoms with E-state index in [0.717, 1.165) is 48.2 Å². The van der Waals surface area contributed by atoms with Crippen LogP contribution in [0, 0.1) is 5.92 Å². The van der Waals surface area contributed by atoms with Crippen molar-refractivity contribution >= 4 is 37.5 Å². The average Bonchev–Trinajstić information content (AvgIpc) is 3.18. The Bertz CT molecular complexity index is 1060. The minimum atomic E-state index is -3.47. The van der Waals surface area contributed by atoms with E-state index in [1.165, 1.54) is 24.0 Å². The monoisotopic (exact) mass is 505 g/mol. The fourth-order valence-corrected chi connectivity index (χ4v) is 5.60. The topological polar surface area (TPSA) is 60.9 Å². The Labute approximate surface area is 193 Å². The first kappa shape index (κ1) is 22.5. The van der Waals surface area contributed by atoms with Gasteiger partial charge in [0.05, 0.1) is 4.90 Å². The number of nitrogens with zero attached hydrogens (tertiary/aromatic N) is 3. The molecule has 0 saturated carbocycles. The van der Waals surface area contributed by atoms with Crippen molar-refractivity contribution < 1.29 is 13.2 Å². The second kappa shape index (κ2) is 9.02. The summed E-state index contributed by atoms with van der Waals surface area (Å²) in [6.45, 7) is 3.35. The number of hydrogen-bond acceptors (Lipinski definition) is 4. The lowest BCUT2D eigenvalue weighted by Gasteiger charge is -2.33. The molecular weight excluding hydrogens is 478 g/mol. The summed E-state index contributed by atoms with van der Waals surface area (Å²) in [4.78, 5) is 17.8. The van der Waals surface area contributed by atoms with Crippen LogP contribution in [0.4, 0.5) is 5.69 Å². The van der Waals surface area contributed by atoms with E-state index >= 15 is 0 Å². The lowest BCUT2D eigenvalue weighted by molar-refractivity contribution is -0.123. The third-order valence-electron chi connectivity index (χ3n) is 6.25. The van der Waals surface area contributed by atoms with Crippen molar-refractivity contribution in [2.75, 3.05) is 38.6 Å². The number of amides is 1. The molecule has 0 spiro atoms. The van der Waals surface area contributed by atoms with Gasteiger partial charge >= 0.3 is 0 Å². The van der Waals surface area contributed by atoms with E-state index in [0.29, 0.717) is 13.0 Å². The molecule has 0 radical (unpaired) electrons. The quantitative estimate of drug-likeness (QED) is 0.623. The van der Waals surface area contributed by atoms with Crippen LogP contribution in [0.1, 0.15) is 24.0 Å². The zero-order valence-electron chi connectivity index (χ0n) is 17.9. The summed E-state index contributed by atoms with van der Waals surface area (Å²) in [6, 6.07) is 13.5. The standard InChI is InChI=1S/C23H28BrN3O3S/c1-25(2)31(29,30)21-7-8-22-19(15-21)11-14-27(22)23(28)18-9-12-26(13-10-18)16-17-3-5-20(24)6-4-17/h3-8,15,18H,9-14,16H2,1-2H3. The highest BCUT2D eigenvalue weighted by atomic mass is 79.9. The Morgan fingerprint density at radius 1 is 1.06 bits per heavy atom. The van der Waals surface area contributed by atoms with Crippen molar-refractivity contribution in [3.05, 3.63) is 58.1 Å². The Morgan fingerprint density at radius 2 is 1.74 bits per heavy atom. The van der Waals surface area contributed by atoms with Crippen LogP contribution in [0.2, 0.25) is 0 Å². The van der Waals surface area contributed by atoms with Gasteiger partial charge in [-0.25, -0.2) is 12.7 Å². The smallest absolute Gasteiger partial charge is 0.242 e. The van der Waals surface area contributed by atoms with E-state index in [-0.39, 0.29) is 16.7 Å².